The largest absolute Gasteiger partial charge is 0.496 e. The van der Waals surface area contributed by atoms with Crippen molar-refractivity contribution in [3.63, 3.8) is 0 Å². The number of hydrogen-bond donors (Lipinski definition) is 2. The maximum Gasteiger partial charge on any atom is 0.255 e. The molecule has 0 atom stereocenters. The van der Waals surface area contributed by atoms with E-state index in [0.717, 1.165) is 28.8 Å². The molecule has 0 radical (unpaired) electrons. The fourth-order valence-electron chi connectivity index (χ4n) is 2.39. The van der Waals surface area contributed by atoms with Crippen molar-refractivity contribution in [2.75, 3.05) is 24.3 Å². The number of ether oxygens (including phenoxy) is 1. The van der Waals surface area contributed by atoms with Gasteiger partial charge in [0.1, 0.15) is 5.75 Å². The van der Waals surface area contributed by atoms with Crippen molar-refractivity contribution < 1.29 is 9.53 Å². The maximum atomic E-state index is 12.3. The van der Waals surface area contributed by atoms with Gasteiger partial charge in [-0.2, -0.15) is 0 Å². The topological polar surface area (TPSA) is 50.4 Å². The van der Waals surface area contributed by atoms with E-state index in [9.17, 15) is 4.79 Å². The Kier molecular flexibility index (Phi) is 3.84. The first-order chi connectivity index (χ1) is 10.2. The first-order valence-electron chi connectivity index (χ1n) is 6.69. The lowest BCUT2D eigenvalue weighted by molar-refractivity contribution is 0.102. The predicted octanol–water partition coefficient (Wildman–Crippen LogP) is 3.68. The molecule has 2 N–H and O–H groups in total. The molecular formula is C16H15BrN2O2. The summed E-state index contributed by atoms with van der Waals surface area (Å²) < 4.78 is 5.92. The van der Waals surface area contributed by atoms with Crippen LogP contribution in [0.3, 0.4) is 0 Å². The second-order valence-electron chi connectivity index (χ2n) is 4.85. The lowest BCUT2D eigenvalue weighted by atomic mass is 10.1. The number of anilines is 2. The molecule has 1 heterocycles. The van der Waals surface area contributed by atoms with E-state index in [0.29, 0.717) is 11.3 Å². The zero-order valence-electron chi connectivity index (χ0n) is 11.6. The van der Waals surface area contributed by atoms with Gasteiger partial charge >= 0.3 is 0 Å². The van der Waals surface area contributed by atoms with Gasteiger partial charge in [-0.05, 0) is 64.3 Å². The molecule has 0 unspecified atom stereocenters. The van der Waals surface area contributed by atoms with Crippen molar-refractivity contribution in [3.05, 3.63) is 52.0 Å². The van der Waals surface area contributed by atoms with Crippen LogP contribution in [0.2, 0.25) is 0 Å². The Morgan fingerprint density at radius 3 is 2.90 bits per heavy atom. The van der Waals surface area contributed by atoms with E-state index in [1.807, 2.05) is 18.2 Å². The highest BCUT2D eigenvalue weighted by molar-refractivity contribution is 9.10. The molecule has 0 saturated heterocycles. The molecule has 0 spiro atoms. The van der Waals surface area contributed by atoms with Gasteiger partial charge in [-0.3, -0.25) is 4.79 Å². The summed E-state index contributed by atoms with van der Waals surface area (Å²) in [4.78, 5) is 12.3. The van der Waals surface area contributed by atoms with Gasteiger partial charge in [-0.25, -0.2) is 0 Å². The molecule has 0 fully saturated rings. The van der Waals surface area contributed by atoms with Gasteiger partial charge in [0.15, 0.2) is 0 Å². The van der Waals surface area contributed by atoms with E-state index in [2.05, 4.69) is 26.6 Å². The highest BCUT2D eigenvalue weighted by atomic mass is 79.9. The van der Waals surface area contributed by atoms with Crippen LogP contribution in [0.1, 0.15) is 15.9 Å². The normalized spacial score (nSPS) is 12.5. The summed E-state index contributed by atoms with van der Waals surface area (Å²) >= 11 is 3.39. The molecule has 1 aliphatic rings. The van der Waals surface area contributed by atoms with Crippen LogP contribution >= 0.6 is 15.9 Å². The van der Waals surface area contributed by atoms with Gasteiger partial charge in [-0.1, -0.05) is 0 Å². The summed E-state index contributed by atoms with van der Waals surface area (Å²) in [7, 11) is 1.60. The van der Waals surface area contributed by atoms with Crippen LogP contribution < -0.4 is 15.4 Å². The van der Waals surface area contributed by atoms with E-state index in [1.54, 1.807) is 25.3 Å². The number of methoxy groups -OCH3 is 1. The second kappa shape index (κ2) is 5.77. The average Bonchev–Trinajstić information content (AvgIpc) is 2.94. The van der Waals surface area contributed by atoms with Gasteiger partial charge in [0.2, 0.25) is 0 Å². The standard InChI is InChI=1S/C16H15BrN2O2/c1-21-15-5-2-11(9-13(15)17)16(20)19-12-3-4-14-10(8-12)6-7-18-14/h2-5,8-9,18H,6-7H2,1H3,(H,19,20). The second-order valence-corrected chi connectivity index (χ2v) is 5.71. The number of halogens is 1. The number of fused-ring (bicyclic) bond motifs is 1. The first-order valence-corrected chi connectivity index (χ1v) is 7.48. The van der Waals surface area contributed by atoms with Crippen LogP contribution in [-0.2, 0) is 6.42 Å². The van der Waals surface area contributed by atoms with E-state index in [1.165, 1.54) is 5.56 Å². The Balaban J connectivity index is 1.78. The van der Waals surface area contributed by atoms with E-state index < -0.39 is 0 Å². The van der Waals surface area contributed by atoms with Crippen LogP contribution in [0.15, 0.2) is 40.9 Å². The van der Waals surface area contributed by atoms with Gasteiger partial charge in [0.25, 0.3) is 5.91 Å². The van der Waals surface area contributed by atoms with Gasteiger partial charge in [0.05, 0.1) is 11.6 Å². The first kappa shape index (κ1) is 13.9. The third kappa shape index (κ3) is 2.88. The Labute approximate surface area is 131 Å². The van der Waals surface area contributed by atoms with Crippen molar-refractivity contribution in [3.8, 4) is 5.75 Å². The summed E-state index contributed by atoms with van der Waals surface area (Å²) in [6, 6.07) is 11.2. The zero-order valence-corrected chi connectivity index (χ0v) is 13.2. The molecule has 1 amide bonds. The summed E-state index contributed by atoms with van der Waals surface area (Å²) in [5.41, 5.74) is 3.79. The van der Waals surface area contributed by atoms with E-state index >= 15 is 0 Å². The number of benzene rings is 2. The van der Waals surface area contributed by atoms with E-state index in [4.69, 9.17) is 4.74 Å². The SMILES string of the molecule is COc1ccc(C(=O)Nc2ccc3c(c2)CCN3)cc1Br. The molecule has 4 nitrogen and oxygen atoms in total. The minimum Gasteiger partial charge on any atom is -0.496 e. The molecule has 5 heteroatoms. The van der Waals surface area contributed by atoms with Crippen molar-refractivity contribution in [2.24, 2.45) is 0 Å². The quantitative estimate of drug-likeness (QED) is 0.891. The molecule has 0 aromatic heterocycles. The number of hydrogen-bond acceptors (Lipinski definition) is 3. The summed E-state index contributed by atoms with van der Waals surface area (Å²) in [6.07, 6.45) is 0.993. The van der Waals surface area contributed by atoms with Crippen LogP contribution in [0, 0.1) is 0 Å². The number of carbonyl (C=O) groups excluding carboxylic acids is 1. The number of rotatable bonds is 3. The monoisotopic (exact) mass is 346 g/mol. The molecule has 108 valence electrons. The van der Waals surface area contributed by atoms with Gasteiger partial charge in [-0.15, -0.1) is 0 Å². The molecule has 0 aliphatic carbocycles. The molecule has 3 rings (SSSR count). The van der Waals surface area contributed by atoms with Crippen molar-refractivity contribution in [1.82, 2.24) is 0 Å². The number of nitrogens with one attached hydrogen (secondary N) is 2. The Morgan fingerprint density at radius 1 is 1.29 bits per heavy atom. The third-order valence-electron chi connectivity index (χ3n) is 3.49. The van der Waals surface area contributed by atoms with Crippen molar-refractivity contribution >= 4 is 33.2 Å². The molecule has 0 saturated carbocycles. The zero-order chi connectivity index (χ0) is 14.8. The van der Waals surface area contributed by atoms with Gasteiger partial charge in [0, 0.05) is 23.5 Å². The summed E-state index contributed by atoms with van der Waals surface area (Å²) in [6.45, 7) is 0.957. The fraction of sp³-hybridized carbons (Fsp3) is 0.188. The van der Waals surface area contributed by atoms with Crippen molar-refractivity contribution in [2.45, 2.75) is 6.42 Å². The van der Waals surface area contributed by atoms with Gasteiger partial charge < -0.3 is 15.4 Å². The Morgan fingerprint density at radius 2 is 2.14 bits per heavy atom. The highest BCUT2D eigenvalue weighted by Gasteiger charge is 2.13. The average molecular weight is 347 g/mol. The number of amides is 1. The molecule has 0 bridgehead atoms. The van der Waals surface area contributed by atoms with E-state index in [-0.39, 0.29) is 5.91 Å². The Hall–Kier alpha value is -2.01. The lowest BCUT2D eigenvalue weighted by Gasteiger charge is -2.09. The minimum atomic E-state index is -0.135. The van der Waals surface area contributed by atoms with Crippen LogP contribution in [0.4, 0.5) is 11.4 Å². The minimum absolute atomic E-state index is 0.135. The van der Waals surface area contributed by atoms with Crippen LogP contribution in [0.5, 0.6) is 5.75 Å². The maximum absolute atomic E-state index is 12.3. The lowest BCUT2D eigenvalue weighted by Crippen LogP contribution is -2.12. The molecule has 1 aliphatic heterocycles. The van der Waals surface area contributed by atoms with Crippen LogP contribution in [-0.4, -0.2) is 19.6 Å². The molecule has 21 heavy (non-hydrogen) atoms. The smallest absolute Gasteiger partial charge is 0.255 e. The number of carbonyl (C=O) groups is 1. The molecular weight excluding hydrogens is 332 g/mol. The highest BCUT2D eigenvalue weighted by Crippen LogP contribution is 2.27. The summed E-state index contributed by atoms with van der Waals surface area (Å²) in [5.74, 6) is 0.569. The third-order valence-corrected chi connectivity index (χ3v) is 4.11. The summed E-state index contributed by atoms with van der Waals surface area (Å²) in [5, 5.41) is 6.22. The molecule has 2 aromatic rings. The van der Waals surface area contributed by atoms with Crippen molar-refractivity contribution in [1.29, 1.82) is 0 Å². The predicted molar refractivity (Wildman–Crippen MR) is 87.3 cm³/mol. The van der Waals surface area contributed by atoms with Crippen LogP contribution in [0.25, 0.3) is 0 Å². The Bertz CT molecular complexity index is 701. The fourth-order valence-corrected chi connectivity index (χ4v) is 2.93. The molecule has 2 aromatic carbocycles.